The number of hydrogen-bond acceptors (Lipinski definition) is 2. The van der Waals surface area contributed by atoms with Gasteiger partial charge < -0.3 is 10.1 Å². The fraction of sp³-hybridized carbons (Fsp3) is 1.00. The lowest BCUT2D eigenvalue weighted by molar-refractivity contribution is 0.0181. The minimum Gasteiger partial charge on any atom is -0.374 e. The molecule has 0 radical (unpaired) electrons. The van der Waals surface area contributed by atoms with Gasteiger partial charge in [-0.05, 0) is 44.9 Å². The van der Waals surface area contributed by atoms with Gasteiger partial charge in [0, 0.05) is 19.2 Å². The molecule has 2 heteroatoms. The highest BCUT2D eigenvalue weighted by Gasteiger charge is 2.34. The minimum absolute atomic E-state index is 0.127. The second-order valence-corrected chi connectivity index (χ2v) is 5.13. The maximum Gasteiger partial charge on any atom is 0.0779 e. The Morgan fingerprint density at radius 2 is 2.29 bits per heavy atom. The molecule has 2 fully saturated rings. The molecule has 0 aromatic heterocycles. The maximum atomic E-state index is 5.77. The van der Waals surface area contributed by atoms with Gasteiger partial charge in [0.25, 0.3) is 0 Å². The van der Waals surface area contributed by atoms with Crippen molar-refractivity contribution >= 4 is 0 Å². The topological polar surface area (TPSA) is 21.3 Å². The van der Waals surface area contributed by atoms with Crippen LogP contribution in [0.25, 0.3) is 0 Å². The molecule has 0 aromatic rings. The van der Waals surface area contributed by atoms with Crippen LogP contribution < -0.4 is 5.32 Å². The second kappa shape index (κ2) is 4.19. The molecule has 0 spiro atoms. The number of nitrogens with one attached hydrogen (secondary N) is 1. The van der Waals surface area contributed by atoms with Crippen LogP contribution in [0.5, 0.6) is 0 Å². The molecule has 2 atom stereocenters. The highest BCUT2D eigenvalue weighted by Crippen LogP contribution is 2.34. The zero-order valence-corrected chi connectivity index (χ0v) is 9.51. The number of ether oxygens (including phenoxy) is 1. The summed E-state index contributed by atoms with van der Waals surface area (Å²) in [5.74, 6) is 0.963. The van der Waals surface area contributed by atoms with E-state index in [2.05, 4.69) is 19.2 Å². The van der Waals surface area contributed by atoms with Crippen LogP contribution in [-0.4, -0.2) is 24.8 Å². The average Bonchev–Trinajstić information content (AvgIpc) is 2.91. The molecule has 14 heavy (non-hydrogen) atoms. The van der Waals surface area contributed by atoms with Crippen LogP contribution in [0.3, 0.4) is 0 Å². The van der Waals surface area contributed by atoms with Crippen molar-refractivity contribution in [2.75, 3.05) is 13.2 Å². The number of hydrogen-bond donors (Lipinski definition) is 1. The summed E-state index contributed by atoms with van der Waals surface area (Å²) in [6, 6.07) is 0.746. The van der Waals surface area contributed by atoms with E-state index in [0.29, 0.717) is 0 Å². The Hall–Kier alpha value is -0.0800. The molecule has 2 aliphatic rings. The highest BCUT2D eigenvalue weighted by atomic mass is 16.5. The average molecular weight is 197 g/mol. The van der Waals surface area contributed by atoms with Crippen LogP contribution in [0.4, 0.5) is 0 Å². The molecule has 0 amide bonds. The predicted octanol–water partition coefficient (Wildman–Crippen LogP) is 2.33. The van der Waals surface area contributed by atoms with Crippen LogP contribution in [0.15, 0.2) is 0 Å². The molecule has 1 saturated carbocycles. The van der Waals surface area contributed by atoms with Crippen LogP contribution in [0, 0.1) is 5.92 Å². The van der Waals surface area contributed by atoms with Crippen molar-refractivity contribution in [2.45, 2.75) is 57.6 Å². The summed E-state index contributed by atoms with van der Waals surface area (Å²) in [4.78, 5) is 0. The Morgan fingerprint density at radius 1 is 1.50 bits per heavy atom. The molecule has 2 unspecified atom stereocenters. The third-order valence-corrected chi connectivity index (χ3v) is 3.67. The van der Waals surface area contributed by atoms with Crippen molar-refractivity contribution in [1.82, 2.24) is 5.32 Å². The zero-order chi connectivity index (χ0) is 10.0. The zero-order valence-electron chi connectivity index (χ0n) is 9.51. The summed E-state index contributed by atoms with van der Waals surface area (Å²) in [6.45, 7) is 6.53. The predicted molar refractivity (Wildman–Crippen MR) is 58.4 cm³/mol. The first kappa shape index (κ1) is 10.4. The highest BCUT2D eigenvalue weighted by molar-refractivity contribution is 4.89. The number of rotatable bonds is 5. The van der Waals surface area contributed by atoms with Gasteiger partial charge in [-0.2, -0.15) is 0 Å². The van der Waals surface area contributed by atoms with E-state index >= 15 is 0 Å². The molecule has 1 N–H and O–H groups in total. The molecule has 0 bridgehead atoms. The monoisotopic (exact) mass is 197 g/mol. The van der Waals surface area contributed by atoms with Crippen molar-refractivity contribution < 1.29 is 4.74 Å². The van der Waals surface area contributed by atoms with Gasteiger partial charge in [-0.25, -0.2) is 0 Å². The molecule has 1 saturated heterocycles. The van der Waals surface area contributed by atoms with Gasteiger partial charge in [0.15, 0.2) is 0 Å². The summed E-state index contributed by atoms with van der Waals surface area (Å²) < 4.78 is 5.77. The van der Waals surface area contributed by atoms with E-state index in [-0.39, 0.29) is 5.60 Å². The third kappa shape index (κ3) is 2.48. The first-order chi connectivity index (χ1) is 6.73. The van der Waals surface area contributed by atoms with Crippen molar-refractivity contribution in [1.29, 1.82) is 0 Å². The standard InChI is InChI=1S/C12H23NO/c1-3-11(10-5-6-10)13-9-12(2)7-4-8-14-12/h10-11,13H,3-9H2,1-2H3. The molecule has 2 nitrogen and oxygen atoms in total. The first-order valence-corrected chi connectivity index (χ1v) is 6.11. The normalized spacial score (nSPS) is 34.7. The lowest BCUT2D eigenvalue weighted by Crippen LogP contribution is -2.42. The van der Waals surface area contributed by atoms with E-state index < -0.39 is 0 Å². The molecule has 0 aromatic carbocycles. The summed E-state index contributed by atoms with van der Waals surface area (Å²) in [5, 5.41) is 3.69. The summed E-state index contributed by atoms with van der Waals surface area (Å²) >= 11 is 0. The Bertz CT molecular complexity index is 183. The molecule has 1 aliphatic carbocycles. The van der Waals surface area contributed by atoms with E-state index in [1.165, 1.54) is 32.1 Å². The Morgan fingerprint density at radius 3 is 2.79 bits per heavy atom. The smallest absolute Gasteiger partial charge is 0.0779 e. The summed E-state index contributed by atoms with van der Waals surface area (Å²) in [5.41, 5.74) is 0.127. The summed E-state index contributed by atoms with van der Waals surface area (Å²) in [6.07, 6.45) is 6.59. The fourth-order valence-corrected chi connectivity index (χ4v) is 2.47. The Balaban J connectivity index is 1.74. The molecular weight excluding hydrogens is 174 g/mol. The van der Waals surface area contributed by atoms with Gasteiger partial charge in [-0.1, -0.05) is 6.92 Å². The lowest BCUT2D eigenvalue weighted by atomic mass is 10.0. The summed E-state index contributed by atoms with van der Waals surface area (Å²) in [7, 11) is 0. The quantitative estimate of drug-likeness (QED) is 0.730. The van der Waals surface area contributed by atoms with E-state index in [1.54, 1.807) is 0 Å². The minimum atomic E-state index is 0.127. The molecule has 1 heterocycles. The van der Waals surface area contributed by atoms with E-state index in [4.69, 9.17) is 4.74 Å². The van der Waals surface area contributed by atoms with Gasteiger partial charge in [0.2, 0.25) is 0 Å². The van der Waals surface area contributed by atoms with Crippen LogP contribution in [0.1, 0.15) is 46.0 Å². The Labute approximate surface area is 87.4 Å². The van der Waals surface area contributed by atoms with E-state index in [9.17, 15) is 0 Å². The van der Waals surface area contributed by atoms with Gasteiger partial charge in [0.05, 0.1) is 5.60 Å². The van der Waals surface area contributed by atoms with Crippen LogP contribution in [0.2, 0.25) is 0 Å². The second-order valence-electron chi connectivity index (χ2n) is 5.13. The first-order valence-electron chi connectivity index (χ1n) is 6.11. The van der Waals surface area contributed by atoms with E-state index in [1.807, 2.05) is 0 Å². The molecule has 82 valence electrons. The van der Waals surface area contributed by atoms with Crippen molar-refractivity contribution in [2.24, 2.45) is 5.92 Å². The van der Waals surface area contributed by atoms with Crippen LogP contribution in [-0.2, 0) is 4.74 Å². The SMILES string of the molecule is CCC(NCC1(C)CCCO1)C1CC1. The maximum absolute atomic E-state index is 5.77. The Kier molecular flexibility index (Phi) is 3.13. The molecular formula is C12H23NO. The molecule has 1 aliphatic heterocycles. The van der Waals surface area contributed by atoms with Crippen molar-refractivity contribution in [3.8, 4) is 0 Å². The lowest BCUT2D eigenvalue weighted by Gasteiger charge is -2.27. The largest absolute Gasteiger partial charge is 0.374 e. The fourth-order valence-electron chi connectivity index (χ4n) is 2.47. The van der Waals surface area contributed by atoms with Crippen LogP contribution >= 0.6 is 0 Å². The van der Waals surface area contributed by atoms with Gasteiger partial charge in [0.1, 0.15) is 0 Å². The van der Waals surface area contributed by atoms with Gasteiger partial charge in [-0.3, -0.25) is 0 Å². The van der Waals surface area contributed by atoms with Crippen molar-refractivity contribution in [3.05, 3.63) is 0 Å². The van der Waals surface area contributed by atoms with Gasteiger partial charge in [-0.15, -0.1) is 0 Å². The van der Waals surface area contributed by atoms with Gasteiger partial charge >= 0.3 is 0 Å². The molecule has 2 rings (SSSR count). The van der Waals surface area contributed by atoms with Crippen molar-refractivity contribution in [3.63, 3.8) is 0 Å². The third-order valence-electron chi connectivity index (χ3n) is 3.67. The van der Waals surface area contributed by atoms with E-state index in [0.717, 1.165) is 25.1 Å².